The maximum absolute atomic E-state index is 12.3. The Labute approximate surface area is 172 Å². The van der Waals surface area contributed by atoms with Gasteiger partial charge in [0.2, 0.25) is 5.91 Å². The fourth-order valence-corrected chi connectivity index (χ4v) is 5.82. The maximum Gasteiger partial charge on any atom is 0.355 e. The third kappa shape index (κ3) is 4.24. The van der Waals surface area contributed by atoms with Gasteiger partial charge in [0.15, 0.2) is 10.0 Å². The van der Waals surface area contributed by atoms with E-state index in [1.807, 2.05) is 4.90 Å². The lowest BCUT2D eigenvalue weighted by Crippen LogP contribution is -2.41. The second-order valence-corrected chi connectivity index (χ2v) is 9.33. The molecule has 1 aromatic carbocycles. The molecule has 1 aromatic heterocycles. The molecule has 0 spiro atoms. The van der Waals surface area contributed by atoms with Gasteiger partial charge >= 0.3 is 5.97 Å². The second-order valence-electron chi connectivity index (χ2n) is 7.13. The molecule has 2 heterocycles. The number of hydrogen-bond acceptors (Lipinski definition) is 6. The van der Waals surface area contributed by atoms with Gasteiger partial charge in [-0.2, -0.15) is 0 Å². The highest BCUT2D eigenvalue weighted by atomic mass is 32.2. The average Bonchev–Trinajstić information content (AvgIpc) is 3.40. The topological polar surface area (TPSA) is 82.5 Å². The molecule has 148 valence electrons. The molecule has 0 saturated carbocycles. The number of nitrogens with one attached hydrogen (secondary N) is 1. The number of nitrogens with zero attached hydrogens (tertiary/aromatic N) is 2. The summed E-state index contributed by atoms with van der Waals surface area (Å²) < 4.78 is 0.737. The van der Waals surface area contributed by atoms with Crippen molar-refractivity contribution in [2.24, 2.45) is 0 Å². The van der Waals surface area contributed by atoms with Crippen LogP contribution >= 0.6 is 23.1 Å². The van der Waals surface area contributed by atoms with Crippen molar-refractivity contribution in [3.8, 4) is 0 Å². The summed E-state index contributed by atoms with van der Waals surface area (Å²) in [7, 11) is 0. The first-order valence-corrected chi connectivity index (χ1v) is 11.4. The summed E-state index contributed by atoms with van der Waals surface area (Å²) in [5, 5.41) is 14.2. The molecule has 2 aliphatic rings. The summed E-state index contributed by atoms with van der Waals surface area (Å²) in [6, 6.07) is 9.20. The van der Waals surface area contributed by atoms with E-state index in [0.29, 0.717) is 19.0 Å². The Kier molecular flexibility index (Phi) is 5.99. The molecule has 0 radical (unpaired) electrons. The Morgan fingerprint density at radius 2 is 2.18 bits per heavy atom. The van der Waals surface area contributed by atoms with Gasteiger partial charge < -0.3 is 15.3 Å². The second kappa shape index (κ2) is 8.63. The number of carboxylic acid groups (broad SMARTS) is 1. The quantitative estimate of drug-likeness (QED) is 0.642. The first-order valence-electron chi connectivity index (χ1n) is 9.54. The van der Waals surface area contributed by atoms with E-state index in [1.54, 1.807) is 5.38 Å². The zero-order valence-corrected chi connectivity index (χ0v) is 17.1. The fraction of sp³-hybridized carbons (Fsp3) is 0.450. The van der Waals surface area contributed by atoms with Crippen LogP contribution in [0.4, 0.5) is 0 Å². The summed E-state index contributed by atoms with van der Waals surface area (Å²) in [6.07, 6.45) is 3.74. The molecule has 8 heteroatoms. The lowest BCUT2D eigenvalue weighted by Gasteiger charge is -2.26. The first-order chi connectivity index (χ1) is 13.6. The number of likely N-dealkylation sites (tertiary alicyclic amines) is 1. The molecule has 1 aliphatic heterocycles. The molecular weight excluding hydrogens is 394 g/mol. The Morgan fingerprint density at radius 1 is 1.32 bits per heavy atom. The molecule has 2 aromatic rings. The summed E-state index contributed by atoms with van der Waals surface area (Å²) in [4.78, 5) is 29.3. The minimum absolute atomic E-state index is 0.0867. The van der Waals surface area contributed by atoms with Gasteiger partial charge in [0.1, 0.15) is 0 Å². The van der Waals surface area contributed by atoms with Gasteiger partial charge in [-0.25, -0.2) is 9.78 Å². The highest BCUT2D eigenvalue weighted by Gasteiger charge is 2.31. The molecule has 0 bridgehead atoms. The van der Waals surface area contributed by atoms with E-state index in [2.05, 4.69) is 34.6 Å². The van der Waals surface area contributed by atoms with Gasteiger partial charge in [0, 0.05) is 42.7 Å². The Morgan fingerprint density at radius 3 is 3.00 bits per heavy atom. The number of thiazole rings is 1. The summed E-state index contributed by atoms with van der Waals surface area (Å²) in [6.45, 7) is 1.48. The SMILES string of the molecule is O=C(O)c1csc(SCCN2C(=O)CC[C@@H]2CNC2CCc3ccccc32)n1. The number of hydrogen-bond donors (Lipinski definition) is 2. The number of aromatic carboxylic acids is 1. The van der Waals surface area contributed by atoms with Gasteiger partial charge in [-0.1, -0.05) is 36.0 Å². The molecule has 2 N–H and O–H groups in total. The number of aromatic nitrogens is 1. The number of carboxylic acids is 1. The van der Waals surface area contributed by atoms with Crippen LogP contribution in [0.25, 0.3) is 0 Å². The van der Waals surface area contributed by atoms with Crippen molar-refractivity contribution >= 4 is 35.0 Å². The Balaban J connectivity index is 1.28. The summed E-state index contributed by atoms with van der Waals surface area (Å²) >= 11 is 2.85. The number of fused-ring (bicyclic) bond motifs is 1. The maximum atomic E-state index is 12.3. The number of aryl methyl sites for hydroxylation is 1. The third-order valence-corrected chi connectivity index (χ3v) is 7.45. The fourth-order valence-electron chi connectivity index (χ4n) is 4.01. The van der Waals surface area contributed by atoms with Crippen LogP contribution in [0.1, 0.15) is 46.9 Å². The van der Waals surface area contributed by atoms with Crippen LogP contribution in [0.5, 0.6) is 0 Å². The number of amides is 1. The number of thioether (sulfide) groups is 1. The molecule has 1 saturated heterocycles. The van der Waals surface area contributed by atoms with E-state index in [1.165, 1.54) is 34.2 Å². The highest BCUT2D eigenvalue weighted by molar-refractivity contribution is 8.01. The molecule has 1 aliphatic carbocycles. The number of carbonyl (C=O) groups excluding carboxylic acids is 1. The van der Waals surface area contributed by atoms with E-state index >= 15 is 0 Å². The lowest BCUT2D eigenvalue weighted by molar-refractivity contribution is -0.128. The Hall–Kier alpha value is -1.90. The van der Waals surface area contributed by atoms with Gasteiger partial charge in [-0.3, -0.25) is 4.79 Å². The van der Waals surface area contributed by atoms with Crippen molar-refractivity contribution in [2.45, 2.75) is 42.1 Å². The van der Waals surface area contributed by atoms with Crippen LogP contribution in [0.2, 0.25) is 0 Å². The van der Waals surface area contributed by atoms with Gasteiger partial charge in [-0.05, 0) is 30.4 Å². The van der Waals surface area contributed by atoms with E-state index in [4.69, 9.17) is 5.11 Å². The van der Waals surface area contributed by atoms with Crippen molar-refractivity contribution in [3.05, 3.63) is 46.5 Å². The van der Waals surface area contributed by atoms with Crippen LogP contribution in [0.3, 0.4) is 0 Å². The molecule has 4 rings (SSSR count). The Bertz CT molecular complexity index is 870. The van der Waals surface area contributed by atoms with Crippen molar-refractivity contribution < 1.29 is 14.7 Å². The number of benzene rings is 1. The highest BCUT2D eigenvalue weighted by Crippen LogP contribution is 2.31. The summed E-state index contributed by atoms with van der Waals surface area (Å²) in [5.74, 6) is -0.0665. The van der Waals surface area contributed by atoms with Crippen molar-refractivity contribution in [2.75, 3.05) is 18.8 Å². The zero-order chi connectivity index (χ0) is 19.5. The smallest absolute Gasteiger partial charge is 0.355 e. The van der Waals surface area contributed by atoms with Gasteiger partial charge in [0.05, 0.1) is 0 Å². The number of rotatable bonds is 8. The third-order valence-electron chi connectivity index (χ3n) is 5.45. The van der Waals surface area contributed by atoms with E-state index in [0.717, 1.165) is 35.9 Å². The largest absolute Gasteiger partial charge is 0.476 e. The standard InChI is InChI=1S/C20H23N3O3S2/c24-18-8-6-14(11-21-16-7-5-13-3-1-2-4-15(13)16)23(18)9-10-27-20-22-17(12-28-20)19(25)26/h1-4,12,14,16,21H,5-11H2,(H,25,26)/t14-,16?/m1/s1. The minimum atomic E-state index is -1.00. The minimum Gasteiger partial charge on any atom is -0.476 e. The predicted octanol–water partition coefficient (Wildman–Crippen LogP) is 3.20. The van der Waals surface area contributed by atoms with Crippen molar-refractivity contribution in [3.63, 3.8) is 0 Å². The molecule has 1 unspecified atom stereocenters. The summed E-state index contributed by atoms with van der Waals surface area (Å²) in [5.41, 5.74) is 2.91. The van der Waals surface area contributed by atoms with E-state index in [-0.39, 0.29) is 17.6 Å². The van der Waals surface area contributed by atoms with Crippen molar-refractivity contribution in [1.29, 1.82) is 0 Å². The van der Waals surface area contributed by atoms with Crippen LogP contribution in [-0.2, 0) is 11.2 Å². The van der Waals surface area contributed by atoms with Crippen LogP contribution < -0.4 is 5.32 Å². The first kappa shape index (κ1) is 19.4. The zero-order valence-electron chi connectivity index (χ0n) is 15.5. The van der Waals surface area contributed by atoms with Crippen LogP contribution in [0, 0.1) is 0 Å². The monoisotopic (exact) mass is 417 g/mol. The van der Waals surface area contributed by atoms with Gasteiger partial charge in [0.25, 0.3) is 0 Å². The molecule has 1 amide bonds. The predicted molar refractivity (Wildman–Crippen MR) is 110 cm³/mol. The molecular formula is C20H23N3O3S2. The average molecular weight is 418 g/mol. The normalized spacial score (nSPS) is 21.3. The van der Waals surface area contributed by atoms with Crippen molar-refractivity contribution in [1.82, 2.24) is 15.2 Å². The molecule has 28 heavy (non-hydrogen) atoms. The molecule has 1 fully saturated rings. The number of carbonyl (C=O) groups is 2. The molecule has 6 nitrogen and oxygen atoms in total. The van der Waals surface area contributed by atoms with E-state index in [9.17, 15) is 9.59 Å². The lowest BCUT2D eigenvalue weighted by atomic mass is 10.1. The van der Waals surface area contributed by atoms with Gasteiger partial charge in [-0.15, -0.1) is 11.3 Å². The van der Waals surface area contributed by atoms with Crippen LogP contribution in [0.15, 0.2) is 34.0 Å². The van der Waals surface area contributed by atoms with E-state index < -0.39 is 5.97 Å². The van der Waals surface area contributed by atoms with Crippen LogP contribution in [-0.4, -0.2) is 51.8 Å². The molecule has 2 atom stereocenters.